The second-order valence-electron chi connectivity index (χ2n) is 7.91. The zero-order valence-corrected chi connectivity index (χ0v) is 18.9. The quantitative estimate of drug-likeness (QED) is 0.268. The molecule has 4 N–H and O–H groups in total. The molecule has 9 nitrogen and oxygen atoms in total. The maximum absolute atomic E-state index is 12.5. The molecule has 0 aliphatic carbocycles. The lowest BCUT2D eigenvalue weighted by Gasteiger charge is -2.32. The van der Waals surface area contributed by atoms with Crippen LogP contribution in [0.15, 0.2) is 54.6 Å². The fourth-order valence-electron chi connectivity index (χ4n) is 2.77. The molecule has 1 saturated heterocycles. The number of hydrogen-bond acceptors (Lipinski definition) is 8. The Morgan fingerprint density at radius 1 is 1.00 bits per heavy atom. The first-order valence-electron chi connectivity index (χ1n) is 10.3. The Balaban J connectivity index is 0.000000304. The maximum atomic E-state index is 12.5. The third kappa shape index (κ3) is 8.84. The highest BCUT2D eigenvalue weighted by molar-refractivity contribution is 6.62. The van der Waals surface area contributed by atoms with Gasteiger partial charge in [-0.05, 0) is 38.7 Å². The number of benzene rings is 2. The fourth-order valence-corrected chi connectivity index (χ4v) is 2.77. The van der Waals surface area contributed by atoms with Crippen molar-refractivity contribution in [1.82, 2.24) is 0 Å². The zero-order valence-electron chi connectivity index (χ0n) is 18.9. The summed E-state index contributed by atoms with van der Waals surface area (Å²) in [5.41, 5.74) is -0.863. The molecular formula is C21H30B2FNO8. The van der Waals surface area contributed by atoms with Crippen LogP contribution < -0.4 is 10.9 Å². The van der Waals surface area contributed by atoms with Crippen LogP contribution in [0.25, 0.3) is 0 Å². The monoisotopic (exact) mass is 465 g/mol. The zero-order chi connectivity index (χ0) is 25.1. The van der Waals surface area contributed by atoms with E-state index in [9.17, 15) is 14.5 Å². The first kappa shape index (κ1) is 28.7. The van der Waals surface area contributed by atoms with Crippen molar-refractivity contribution in [1.29, 1.82) is 0 Å². The molecule has 0 bridgehead atoms. The molecule has 3 rings (SSSR count). The molecule has 2 aromatic carbocycles. The topological polar surface area (TPSA) is 143 Å². The van der Waals surface area contributed by atoms with Crippen LogP contribution in [0.5, 0.6) is 0 Å². The second kappa shape index (κ2) is 13.4. The molecule has 1 aliphatic heterocycles. The summed E-state index contributed by atoms with van der Waals surface area (Å²) in [6.07, 6.45) is 0.500. The van der Waals surface area contributed by atoms with E-state index in [0.717, 1.165) is 5.46 Å². The molecule has 1 fully saturated rings. The van der Waals surface area contributed by atoms with Crippen LogP contribution in [0.3, 0.4) is 0 Å². The van der Waals surface area contributed by atoms with Gasteiger partial charge in [0.1, 0.15) is 11.4 Å². The van der Waals surface area contributed by atoms with Crippen molar-refractivity contribution in [2.75, 3.05) is 19.8 Å². The van der Waals surface area contributed by atoms with Crippen molar-refractivity contribution in [3.8, 4) is 0 Å². The molecule has 0 radical (unpaired) electrons. The molecule has 0 aromatic heterocycles. The van der Waals surface area contributed by atoms with Crippen molar-refractivity contribution in [3.05, 3.63) is 70.5 Å². The summed E-state index contributed by atoms with van der Waals surface area (Å²) >= 11 is 0. The van der Waals surface area contributed by atoms with Gasteiger partial charge in [-0.1, -0.05) is 48.5 Å². The molecule has 2 aromatic rings. The number of aliphatic hydroxyl groups is 2. The number of rotatable bonds is 6. The van der Waals surface area contributed by atoms with Crippen LogP contribution in [-0.4, -0.2) is 70.4 Å². The van der Waals surface area contributed by atoms with E-state index in [2.05, 4.69) is 0 Å². The van der Waals surface area contributed by atoms with Crippen LogP contribution in [0.2, 0.25) is 0 Å². The van der Waals surface area contributed by atoms with Gasteiger partial charge in [-0.3, -0.25) is 10.1 Å². The third-order valence-corrected chi connectivity index (χ3v) is 5.04. The van der Waals surface area contributed by atoms with Crippen molar-refractivity contribution in [3.63, 3.8) is 0 Å². The number of nitrogens with zero attached hydrogens (tertiary/aromatic N) is 1. The number of aliphatic hydroxyl groups excluding tert-OH is 2. The van der Waals surface area contributed by atoms with Crippen LogP contribution in [0, 0.1) is 15.9 Å². The smallest absolute Gasteiger partial charge is 0.423 e. The summed E-state index contributed by atoms with van der Waals surface area (Å²) in [6.45, 7) is 5.27. The highest BCUT2D eigenvalue weighted by Gasteiger charge is 2.57. The molecule has 0 amide bonds. The number of halogens is 1. The van der Waals surface area contributed by atoms with Gasteiger partial charge in [0.15, 0.2) is 0 Å². The van der Waals surface area contributed by atoms with Crippen LogP contribution in [0.4, 0.5) is 4.39 Å². The lowest BCUT2D eigenvalue weighted by atomic mass is 9.79. The Kier molecular flexibility index (Phi) is 11.6. The van der Waals surface area contributed by atoms with Crippen molar-refractivity contribution >= 4 is 25.2 Å². The van der Waals surface area contributed by atoms with Crippen molar-refractivity contribution in [2.24, 2.45) is 0 Å². The van der Waals surface area contributed by atoms with E-state index in [0.29, 0.717) is 6.42 Å². The van der Waals surface area contributed by atoms with E-state index in [-0.39, 0.29) is 30.1 Å². The van der Waals surface area contributed by atoms with Crippen LogP contribution in [-0.2, 0) is 9.31 Å². The van der Waals surface area contributed by atoms with Crippen molar-refractivity contribution in [2.45, 2.75) is 38.4 Å². The van der Waals surface area contributed by atoms with E-state index in [1.807, 2.05) is 44.2 Å². The predicted molar refractivity (Wildman–Crippen MR) is 123 cm³/mol. The van der Waals surface area contributed by atoms with Crippen LogP contribution >= 0.6 is 0 Å². The minimum Gasteiger partial charge on any atom is -0.423 e. The average molecular weight is 465 g/mol. The van der Waals surface area contributed by atoms with Gasteiger partial charge in [-0.25, -0.2) is 4.39 Å². The molecular weight excluding hydrogens is 435 g/mol. The highest BCUT2D eigenvalue weighted by Crippen LogP contribution is 2.37. The summed E-state index contributed by atoms with van der Waals surface area (Å²) in [4.78, 5) is 10.4. The molecule has 1 unspecified atom stereocenters. The van der Waals surface area contributed by atoms with Gasteiger partial charge in [-0.2, -0.15) is 0 Å². The highest BCUT2D eigenvalue weighted by atomic mass is 19.1. The van der Waals surface area contributed by atoms with Gasteiger partial charge in [-0.15, -0.1) is 0 Å². The summed E-state index contributed by atoms with van der Waals surface area (Å²) in [7, 11) is -2.27. The second-order valence-corrected chi connectivity index (χ2v) is 7.91. The Morgan fingerprint density at radius 2 is 1.55 bits per heavy atom. The van der Waals surface area contributed by atoms with E-state index < -0.39 is 31.3 Å². The number of hydrogen-bond donors (Lipinski definition) is 4. The predicted octanol–water partition coefficient (Wildman–Crippen LogP) is 0.109. The average Bonchev–Trinajstić information content (AvgIpc) is 2.98. The molecule has 33 heavy (non-hydrogen) atoms. The van der Waals surface area contributed by atoms with Crippen LogP contribution in [0.1, 0.15) is 27.2 Å². The Labute approximate surface area is 193 Å². The summed E-state index contributed by atoms with van der Waals surface area (Å²) in [5.74, 6) is -0.600. The molecule has 0 saturated carbocycles. The molecule has 0 spiro atoms. The molecule has 180 valence electrons. The molecule has 1 aliphatic rings. The Morgan fingerprint density at radius 3 is 1.97 bits per heavy atom. The van der Waals surface area contributed by atoms with Crippen molar-refractivity contribution < 1.29 is 38.9 Å². The largest absolute Gasteiger partial charge is 0.495 e. The minimum absolute atomic E-state index is 0.0938. The van der Waals surface area contributed by atoms with Gasteiger partial charge >= 0.3 is 14.2 Å². The van der Waals surface area contributed by atoms with E-state index in [1.54, 1.807) is 6.92 Å². The first-order valence-corrected chi connectivity index (χ1v) is 10.3. The first-order chi connectivity index (χ1) is 15.5. The Bertz CT molecular complexity index is 857. The fraction of sp³-hybridized carbons (Fsp3) is 0.429. The van der Waals surface area contributed by atoms with Gasteiger partial charge in [0.2, 0.25) is 6.54 Å². The summed E-state index contributed by atoms with van der Waals surface area (Å²) in [6, 6.07) is 15.0. The van der Waals surface area contributed by atoms with Gasteiger partial charge in [0, 0.05) is 23.6 Å². The summed E-state index contributed by atoms with van der Waals surface area (Å²) < 4.78 is 24.1. The SMILES string of the molecule is CC1(C)OB(c2ccccc2)OC1(C)C[N+](=O)[O-].OB(O)c1ccccc1F.OCCCO. The third-order valence-electron chi connectivity index (χ3n) is 5.04. The number of nitro groups is 1. The maximum Gasteiger partial charge on any atom is 0.495 e. The Hall–Kier alpha value is -2.34. The standard InChI is InChI=1S/C12H16BNO4.C6H6BFO2.C3H8O2/c1-11(2)12(3,9-14(15)16)18-13(17-11)10-7-5-4-6-8-10;8-6-4-2-1-3-5(6)7(9)10;4-2-1-3-5/h4-8H,9H2,1-3H3;1-4,9-10H;4-5H,1-3H2. The molecule has 12 heteroatoms. The van der Waals surface area contributed by atoms with Gasteiger partial charge in [0.05, 0.1) is 5.60 Å². The molecule has 1 atom stereocenters. The normalized spacial score (nSPS) is 18.5. The summed E-state index contributed by atoms with van der Waals surface area (Å²) in [5, 5.41) is 43.6. The van der Waals surface area contributed by atoms with Gasteiger partial charge < -0.3 is 29.6 Å². The van der Waals surface area contributed by atoms with E-state index >= 15 is 0 Å². The lowest BCUT2D eigenvalue weighted by molar-refractivity contribution is -0.501. The van der Waals surface area contributed by atoms with E-state index in [1.165, 1.54) is 24.3 Å². The lowest BCUT2D eigenvalue weighted by Crippen LogP contribution is -2.50. The van der Waals surface area contributed by atoms with Gasteiger partial charge in [0.25, 0.3) is 0 Å². The minimum atomic E-state index is -1.72. The molecule has 1 heterocycles. The van der Waals surface area contributed by atoms with E-state index in [4.69, 9.17) is 29.6 Å².